The number of benzene rings is 1. The Hall–Kier alpha value is -1.06. The predicted molar refractivity (Wildman–Crippen MR) is 74.8 cm³/mol. The van der Waals surface area contributed by atoms with Crippen LogP contribution in [0.1, 0.15) is 38.3 Å². The standard InChI is InChI=1S/C15H24N2O/c1-3-17-10-6-7-13(17)11-16-12(2)14-8-4-5-9-15(14)18/h4-5,8-9,12-13,16,18H,3,6-7,10-11H2,1-2H3. The molecule has 0 saturated carbocycles. The number of likely N-dealkylation sites (tertiary alicyclic amines) is 1. The van der Waals surface area contributed by atoms with E-state index in [0.29, 0.717) is 11.8 Å². The molecule has 1 aromatic rings. The number of para-hydroxylation sites is 1. The molecule has 0 spiro atoms. The molecule has 100 valence electrons. The lowest BCUT2D eigenvalue weighted by Gasteiger charge is -2.25. The molecule has 0 aromatic heterocycles. The number of rotatable bonds is 5. The number of nitrogens with one attached hydrogen (secondary N) is 1. The van der Waals surface area contributed by atoms with Crippen molar-refractivity contribution < 1.29 is 5.11 Å². The minimum atomic E-state index is 0.200. The number of hydrogen-bond donors (Lipinski definition) is 2. The van der Waals surface area contributed by atoms with E-state index in [1.54, 1.807) is 6.07 Å². The normalized spacial score (nSPS) is 22.2. The molecule has 0 amide bonds. The van der Waals surface area contributed by atoms with Crippen molar-refractivity contribution in [2.45, 2.75) is 38.8 Å². The lowest BCUT2D eigenvalue weighted by Crippen LogP contribution is -2.38. The van der Waals surface area contributed by atoms with Crippen LogP contribution in [0.4, 0.5) is 0 Å². The third-order valence-corrected chi connectivity index (χ3v) is 3.97. The van der Waals surface area contributed by atoms with Crippen molar-refractivity contribution in [2.24, 2.45) is 0 Å². The van der Waals surface area contributed by atoms with Crippen LogP contribution in [-0.2, 0) is 0 Å². The van der Waals surface area contributed by atoms with Crippen LogP contribution in [0.2, 0.25) is 0 Å². The molecule has 2 atom stereocenters. The summed E-state index contributed by atoms with van der Waals surface area (Å²) in [4.78, 5) is 2.53. The van der Waals surface area contributed by atoms with Crippen LogP contribution in [0.3, 0.4) is 0 Å². The van der Waals surface area contributed by atoms with Gasteiger partial charge >= 0.3 is 0 Å². The molecule has 1 fully saturated rings. The van der Waals surface area contributed by atoms with Gasteiger partial charge in [-0.25, -0.2) is 0 Å². The summed E-state index contributed by atoms with van der Waals surface area (Å²) >= 11 is 0. The van der Waals surface area contributed by atoms with Gasteiger partial charge in [0.05, 0.1) is 0 Å². The summed E-state index contributed by atoms with van der Waals surface area (Å²) in [7, 11) is 0. The first kappa shape index (κ1) is 13.4. The average Bonchev–Trinajstić information content (AvgIpc) is 2.84. The zero-order valence-electron chi connectivity index (χ0n) is 11.4. The molecule has 3 heteroatoms. The van der Waals surface area contributed by atoms with Gasteiger partial charge in [-0.3, -0.25) is 4.90 Å². The third kappa shape index (κ3) is 3.03. The molecular formula is C15H24N2O. The van der Waals surface area contributed by atoms with E-state index in [2.05, 4.69) is 24.1 Å². The van der Waals surface area contributed by atoms with Gasteiger partial charge in [0.25, 0.3) is 0 Å². The average molecular weight is 248 g/mol. The molecule has 1 heterocycles. The summed E-state index contributed by atoms with van der Waals surface area (Å²) in [6.45, 7) is 7.71. The van der Waals surface area contributed by atoms with Gasteiger partial charge in [0.1, 0.15) is 5.75 Å². The third-order valence-electron chi connectivity index (χ3n) is 3.97. The van der Waals surface area contributed by atoms with E-state index in [1.165, 1.54) is 19.4 Å². The number of likely N-dealkylation sites (N-methyl/N-ethyl adjacent to an activating group) is 1. The first-order valence-electron chi connectivity index (χ1n) is 6.97. The van der Waals surface area contributed by atoms with E-state index in [0.717, 1.165) is 18.7 Å². The molecule has 0 bridgehead atoms. The molecule has 0 radical (unpaired) electrons. The second kappa shape index (κ2) is 6.21. The summed E-state index contributed by atoms with van der Waals surface area (Å²) in [5.74, 6) is 0.385. The molecule has 1 aliphatic rings. The first-order valence-corrected chi connectivity index (χ1v) is 6.97. The van der Waals surface area contributed by atoms with Gasteiger partial charge in [0.15, 0.2) is 0 Å². The summed E-state index contributed by atoms with van der Waals surface area (Å²) in [6.07, 6.45) is 2.60. The van der Waals surface area contributed by atoms with Crippen molar-refractivity contribution in [1.82, 2.24) is 10.2 Å². The maximum absolute atomic E-state index is 9.82. The number of aromatic hydroxyl groups is 1. The lowest BCUT2D eigenvalue weighted by atomic mass is 10.1. The molecule has 18 heavy (non-hydrogen) atoms. The van der Waals surface area contributed by atoms with E-state index in [4.69, 9.17) is 0 Å². The topological polar surface area (TPSA) is 35.5 Å². The van der Waals surface area contributed by atoms with Gasteiger partial charge in [-0.2, -0.15) is 0 Å². The number of phenolic OH excluding ortho intramolecular Hbond substituents is 1. The lowest BCUT2D eigenvalue weighted by molar-refractivity contribution is 0.255. The molecule has 2 unspecified atom stereocenters. The van der Waals surface area contributed by atoms with E-state index in [-0.39, 0.29) is 6.04 Å². The Bertz CT molecular complexity index is 381. The number of phenols is 1. The van der Waals surface area contributed by atoms with Gasteiger partial charge in [-0.05, 0) is 38.9 Å². The monoisotopic (exact) mass is 248 g/mol. The smallest absolute Gasteiger partial charge is 0.120 e. The van der Waals surface area contributed by atoms with Crippen LogP contribution in [-0.4, -0.2) is 35.7 Å². The fourth-order valence-electron chi connectivity index (χ4n) is 2.82. The minimum absolute atomic E-state index is 0.200. The SMILES string of the molecule is CCN1CCCC1CNC(C)c1ccccc1O. The second-order valence-corrected chi connectivity index (χ2v) is 5.11. The Labute approximate surface area is 110 Å². The van der Waals surface area contributed by atoms with Crippen LogP contribution in [0.25, 0.3) is 0 Å². The van der Waals surface area contributed by atoms with Crippen molar-refractivity contribution >= 4 is 0 Å². The van der Waals surface area contributed by atoms with E-state index in [1.807, 2.05) is 18.2 Å². The largest absolute Gasteiger partial charge is 0.508 e. The highest BCUT2D eigenvalue weighted by atomic mass is 16.3. The van der Waals surface area contributed by atoms with Crippen LogP contribution in [0.5, 0.6) is 5.75 Å². The predicted octanol–water partition coefficient (Wildman–Crippen LogP) is 2.53. The van der Waals surface area contributed by atoms with Crippen LogP contribution >= 0.6 is 0 Å². The highest BCUT2D eigenvalue weighted by Gasteiger charge is 2.23. The van der Waals surface area contributed by atoms with Crippen molar-refractivity contribution in [2.75, 3.05) is 19.6 Å². The number of nitrogens with zero attached hydrogens (tertiary/aromatic N) is 1. The van der Waals surface area contributed by atoms with E-state index in [9.17, 15) is 5.11 Å². The van der Waals surface area contributed by atoms with Crippen molar-refractivity contribution in [3.05, 3.63) is 29.8 Å². The quantitative estimate of drug-likeness (QED) is 0.840. The molecule has 2 rings (SSSR count). The second-order valence-electron chi connectivity index (χ2n) is 5.11. The van der Waals surface area contributed by atoms with Crippen molar-refractivity contribution in [1.29, 1.82) is 0 Å². The Morgan fingerprint density at radius 2 is 2.22 bits per heavy atom. The van der Waals surface area contributed by atoms with Gasteiger partial charge in [0, 0.05) is 24.2 Å². The Morgan fingerprint density at radius 3 is 2.94 bits per heavy atom. The van der Waals surface area contributed by atoms with Crippen molar-refractivity contribution in [3.8, 4) is 5.75 Å². The Morgan fingerprint density at radius 1 is 1.44 bits per heavy atom. The zero-order chi connectivity index (χ0) is 13.0. The summed E-state index contributed by atoms with van der Waals surface area (Å²) in [5.41, 5.74) is 0.985. The Balaban J connectivity index is 1.88. The van der Waals surface area contributed by atoms with Gasteiger partial charge in [0.2, 0.25) is 0 Å². The zero-order valence-corrected chi connectivity index (χ0v) is 11.4. The van der Waals surface area contributed by atoms with Crippen LogP contribution < -0.4 is 5.32 Å². The maximum Gasteiger partial charge on any atom is 0.120 e. The fraction of sp³-hybridized carbons (Fsp3) is 0.600. The summed E-state index contributed by atoms with van der Waals surface area (Å²) < 4.78 is 0. The molecule has 1 aromatic carbocycles. The highest BCUT2D eigenvalue weighted by Crippen LogP contribution is 2.24. The molecule has 1 aliphatic heterocycles. The van der Waals surface area contributed by atoms with Gasteiger partial charge < -0.3 is 10.4 Å². The molecule has 2 N–H and O–H groups in total. The van der Waals surface area contributed by atoms with E-state index >= 15 is 0 Å². The molecular weight excluding hydrogens is 224 g/mol. The minimum Gasteiger partial charge on any atom is -0.508 e. The van der Waals surface area contributed by atoms with Crippen molar-refractivity contribution in [3.63, 3.8) is 0 Å². The number of hydrogen-bond acceptors (Lipinski definition) is 3. The summed E-state index contributed by atoms with van der Waals surface area (Å²) in [5, 5.41) is 13.4. The van der Waals surface area contributed by atoms with Gasteiger partial charge in [-0.1, -0.05) is 25.1 Å². The Kier molecular flexibility index (Phi) is 4.61. The van der Waals surface area contributed by atoms with Crippen LogP contribution in [0.15, 0.2) is 24.3 Å². The van der Waals surface area contributed by atoms with E-state index < -0.39 is 0 Å². The maximum atomic E-state index is 9.82. The highest BCUT2D eigenvalue weighted by molar-refractivity contribution is 5.34. The summed E-state index contributed by atoms with van der Waals surface area (Å²) in [6, 6.07) is 8.43. The fourth-order valence-corrected chi connectivity index (χ4v) is 2.82. The van der Waals surface area contributed by atoms with Crippen LogP contribution in [0, 0.1) is 0 Å². The molecule has 1 saturated heterocycles. The first-order chi connectivity index (χ1) is 8.72. The molecule has 3 nitrogen and oxygen atoms in total. The molecule has 0 aliphatic carbocycles. The van der Waals surface area contributed by atoms with Gasteiger partial charge in [-0.15, -0.1) is 0 Å².